The standard InChI is InChI=1S/C17H9ClF3NO2/c18-11-5-1-3-9(7-11)13-14(17(19,20)21)12(16(23)24)8-10-4-2-6-22-15(10)13/h1-8H,(H,23,24). The smallest absolute Gasteiger partial charge is 0.417 e. The van der Waals surface area contributed by atoms with Gasteiger partial charge in [0, 0.05) is 22.2 Å². The van der Waals surface area contributed by atoms with Crippen molar-refractivity contribution in [2.24, 2.45) is 0 Å². The molecule has 2 aromatic carbocycles. The first-order valence-electron chi connectivity index (χ1n) is 6.77. The number of fused-ring (bicyclic) bond motifs is 1. The topological polar surface area (TPSA) is 50.2 Å². The Balaban J connectivity index is 2.54. The van der Waals surface area contributed by atoms with Gasteiger partial charge in [-0.15, -0.1) is 0 Å². The normalized spacial score (nSPS) is 11.7. The van der Waals surface area contributed by atoms with Crippen LogP contribution in [0, 0.1) is 0 Å². The molecule has 1 N–H and O–H groups in total. The number of aromatic carboxylic acids is 1. The van der Waals surface area contributed by atoms with Crippen molar-refractivity contribution in [3.8, 4) is 11.1 Å². The molecule has 7 heteroatoms. The van der Waals surface area contributed by atoms with Crippen LogP contribution in [0.15, 0.2) is 48.7 Å². The molecule has 0 unspecified atom stereocenters. The van der Waals surface area contributed by atoms with Gasteiger partial charge in [0.1, 0.15) is 0 Å². The monoisotopic (exact) mass is 351 g/mol. The predicted octanol–water partition coefficient (Wildman–Crippen LogP) is 5.27. The number of hydrogen-bond donors (Lipinski definition) is 1. The summed E-state index contributed by atoms with van der Waals surface area (Å²) in [7, 11) is 0. The van der Waals surface area contributed by atoms with Crippen LogP contribution in [-0.4, -0.2) is 16.1 Å². The van der Waals surface area contributed by atoms with Crippen LogP contribution in [0.2, 0.25) is 5.02 Å². The Morgan fingerprint density at radius 3 is 2.50 bits per heavy atom. The molecular weight excluding hydrogens is 343 g/mol. The van der Waals surface area contributed by atoms with Crippen molar-refractivity contribution in [1.82, 2.24) is 4.98 Å². The number of halogens is 4. The number of carboxylic acids is 1. The van der Waals surface area contributed by atoms with E-state index in [2.05, 4.69) is 4.98 Å². The Morgan fingerprint density at radius 1 is 1.12 bits per heavy atom. The molecule has 0 aliphatic heterocycles. The number of rotatable bonds is 2. The fourth-order valence-corrected chi connectivity index (χ4v) is 2.80. The van der Waals surface area contributed by atoms with E-state index in [1.54, 1.807) is 0 Å². The van der Waals surface area contributed by atoms with Crippen LogP contribution in [0.4, 0.5) is 13.2 Å². The lowest BCUT2D eigenvalue weighted by Crippen LogP contribution is -2.15. The molecule has 24 heavy (non-hydrogen) atoms. The highest BCUT2D eigenvalue weighted by atomic mass is 35.5. The van der Waals surface area contributed by atoms with Crippen LogP contribution in [0.1, 0.15) is 15.9 Å². The minimum Gasteiger partial charge on any atom is -0.478 e. The quantitative estimate of drug-likeness (QED) is 0.684. The number of nitrogens with zero attached hydrogens (tertiary/aromatic N) is 1. The molecule has 3 nitrogen and oxygen atoms in total. The maximum absolute atomic E-state index is 13.7. The van der Waals surface area contributed by atoms with Gasteiger partial charge in [-0.05, 0) is 29.8 Å². The lowest BCUT2D eigenvalue weighted by atomic mass is 9.91. The lowest BCUT2D eigenvalue weighted by molar-refractivity contribution is -0.137. The third kappa shape index (κ3) is 2.80. The molecule has 1 aromatic heterocycles. The molecule has 1 heterocycles. The summed E-state index contributed by atoms with van der Waals surface area (Å²) < 4.78 is 41.0. The largest absolute Gasteiger partial charge is 0.478 e. The van der Waals surface area contributed by atoms with Crippen molar-refractivity contribution in [2.45, 2.75) is 6.18 Å². The molecule has 122 valence electrons. The molecule has 0 spiro atoms. The molecule has 3 rings (SSSR count). The van der Waals surface area contributed by atoms with E-state index >= 15 is 0 Å². The maximum Gasteiger partial charge on any atom is 0.417 e. The van der Waals surface area contributed by atoms with Crippen LogP contribution >= 0.6 is 11.6 Å². The average molecular weight is 352 g/mol. The number of alkyl halides is 3. The molecule has 0 radical (unpaired) electrons. The van der Waals surface area contributed by atoms with E-state index in [1.165, 1.54) is 42.6 Å². The Labute approximate surface area is 139 Å². The minimum absolute atomic E-state index is 0.0668. The van der Waals surface area contributed by atoms with Crippen molar-refractivity contribution in [2.75, 3.05) is 0 Å². The number of aromatic nitrogens is 1. The molecule has 0 amide bonds. The van der Waals surface area contributed by atoms with Crippen molar-refractivity contribution < 1.29 is 23.1 Å². The maximum atomic E-state index is 13.7. The fraction of sp³-hybridized carbons (Fsp3) is 0.0588. The van der Waals surface area contributed by atoms with Crippen LogP contribution in [0.5, 0.6) is 0 Å². The Kier molecular flexibility index (Phi) is 3.93. The number of carboxylic acid groups (broad SMARTS) is 1. The minimum atomic E-state index is -4.86. The Hall–Kier alpha value is -2.60. The zero-order valence-electron chi connectivity index (χ0n) is 11.9. The van der Waals surface area contributed by atoms with Gasteiger partial charge in [0.25, 0.3) is 0 Å². The zero-order valence-corrected chi connectivity index (χ0v) is 12.7. The van der Waals surface area contributed by atoms with Gasteiger partial charge in [-0.2, -0.15) is 13.2 Å². The molecule has 0 bridgehead atoms. The molecule has 0 aliphatic carbocycles. The van der Waals surface area contributed by atoms with Crippen LogP contribution in [0.3, 0.4) is 0 Å². The number of pyridine rings is 1. The summed E-state index contributed by atoms with van der Waals surface area (Å²) in [5.74, 6) is -1.66. The summed E-state index contributed by atoms with van der Waals surface area (Å²) in [5, 5.41) is 9.81. The van der Waals surface area contributed by atoms with Crippen LogP contribution in [0.25, 0.3) is 22.0 Å². The first-order valence-corrected chi connectivity index (χ1v) is 7.15. The van der Waals surface area contributed by atoms with Gasteiger partial charge in [-0.25, -0.2) is 4.79 Å². The van der Waals surface area contributed by atoms with Gasteiger partial charge in [0.2, 0.25) is 0 Å². The van der Waals surface area contributed by atoms with Crippen molar-refractivity contribution in [3.05, 3.63) is 64.8 Å². The van der Waals surface area contributed by atoms with E-state index in [-0.39, 0.29) is 21.7 Å². The van der Waals surface area contributed by atoms with E-state index in [0.717, 1.165) is 6.07 Å². The summed E-state index contributed by atoms with van der Waals surface area (Å²) in [4.78, 5) is 15.4. The van der Waals surface area contributed by atoms with Crippen molar-refractivity contribution in [3.63, 3.8) is 0 Å². The summed E-state index contributed by atoms with van der Waals surface area (Å²) in [6.45, 7) is 0. The van der Waals surface area contributed by atoms with Gasteiger partial charge < -0.3 is 5.11 Å². The third-order valence-corrected chi connectivity index (χ3v) is 3.76. The Morgan fingerprint density at radius 2 is 1.88 bits per heavy atom. The predicted molar refractivity (Wildman–Crippen MR) is 84.2 cm³/mol. The first-order chi connectivity index (χ1) is 11.3. The third-order valence-electron chi connectivity index (χ3n) is 3.52. The summed E-state index contributed by atoms with van der Waals surface area (Å²) in [5.41, 5.74) is -2.12. The molecular formula is C17H9ClF3NO2. The first kappa shape index (κ1) is 16.3. The van der Waals surface area contributed by atoms with E-state index in [1.807, 2.05) is 0 Å². The molecule has 3 aromatic rings. The van der Waals surface area contributed by atoms with Gasteiger partial charge in [0.05, 0.1) is 16.6 Å². The van der Waals surface area contributed by atoms with Crippen LogP contribution < -0.4 is 0 Å². The second kappa shape index (κ2) is 5.79. The molecule has 0 atom stereocenters. The zero-order chi connectivity index (χ0) is 17.5. The van der Waals surface area contributed by atoms with Gasteiger partial charge in [-0.1, -0.05) is 29.8 Å². The number of hydrogen-bond acceptors (Lipinski definition) is 2. The van der Waals surface area contributed by atoms with E-state index in [4.69, 9.17) is 11.6 Å². The second-order valence-electron chi connectivity index (χ2n) is 5.06. The highest BCUT2D eigenvalue weighted by Gasteiger charge is 2.39. The Bertz CT molecular complexity index is 954. The molecule has 0 saturated carbocycles. The van der Waals surface area contributed by atoms with Crippen molar-refractivity contribution >= 4 is 28.5 Å². The van der Waals surface area contributed by atoms with Crippen LogP contribution in [-0.2, 0) is 6.18 Å². The van der Waals surface area contributed by atoms with Crippen molar-refractivity contribution in [1.29, 1.82) is 0 Å². The summed E-state index contributed by atoms with van der Waals surface area (Å²) in [6.07, 6.45) is -3.51. The van der Waals surface area contributed by atoms with E-state index in [0.29, 0.717) is 5.39 Å². The SMILES string of the molecule is O=C(O)c1cc2cccnc2c(-c2cccc(Cl)c2)c1C(F)(F)F. The van der Waals surface area contributed by atoms with E-state index in [9.17, 15) is 23.1 Å². The average Bonchev–Trinajstić information content (AvgIpc) is 2.52. The molecule has 0 saturated heterocycles. The number of benzene rings is 2. The van der Waals surface area contributed by atoms with E-state index < -0.39 is 23.3 Å². The molecule has 0 aliphatic rings. The summed E-state index contributed by atoms with van der Waals surface area (Å²) >= 11 is 5.90. The fourth-order valence-electron chi connectivity index (χ4n) is 2.61. The van der Waals surface area contributed by atoms with Gasteiger partial charge >= 0.3 is 12.1 Å². The highest BCUT2D eigenvalue weighted by molar-refractivity contribution is 6.31. The lowest BCUT2D eigenvalue weighted by Gasteiger charge is -2.18. The molecule has 0 fully saturated rings. The summed E-state index contributed by atoms with van der Waals surface area (Å²) in [6, 6.07) is 9.85. The number of carbonyl (C=O) groups is 1. The van der Waals surface area contributed by atoms with Gasteiger partial charge in [0.15, 0.2) is 0 Å². The highest BCUT2D eigenvalue weighted by Crippen LogP contribution is 2.43. The second-order valence-corrected chi connectivity index (χ2v) is 5.50. The van der Waals surface area contributed by atoms with Gasteiger partial charge in [-0.3, -0.25) is 4.98 Å².